The standard InChI is InChI=1S/C11H11IN2S/c1-7-2-3-14-5-9(7)11(13)8-4-10(12)15-6-8/h2-6,11H,13H2,1H3. The van der Waals surface area contributed by atoms with Crippen molar-refractivity contribution in [1.82, 2.24) is 4.98 Å². The summed E-state index contributed by atoms with van der Waals surface area (Å²) in [5.41, 5.74) is 9.66. The average molecular weight is 330 g/mol. The molecule has 0 saturated heterocycles. The smallest absolute Gasteiger partial charge is 0.0656 e. The normalized spacial score (nSPS) is 12.7. The predicted octanol–water partition coefficient (Wildman–Crippen LogP) is 3.10. The van der Waals surface area contributed by atoms with E-state index in [1.807, 2.05) is 12.3 Å². The number of rotatable bonds is 2. The van der Waals surface area contributed by atoms with Crippen molar-refractivity contribution in [2.45, 2.75) is 13.0 Å². The highest BCUT2D eigenvalue weighted by atomic mass is 127. The zero-order valence-corrected chi connectivity index (χ0v) is 11.2. The molecule has 0 bridgehead atoms. The van der Waals surface area contributed by atoms with Gasteiger partial charge in [-0.15, -0.1) is 11.3 Å². The first-order valence-electron chi connectivity index (χ1n) is 4.58. The summed E-state index contributed by atoms with van der Waals surface area (Å²) in [7, 11) is 0. The molecular weight excluding hydrogens is 319 g/mol. The Morgan fingerprint density at radius 1 is 1.53 bits per heavy atom. The predicted molar refractivity (Wildman–Crippen MR) is 72.0 cm³/mol. The highest BCUT2D eigenvalue weighted by Crippen LogP contribution is 2.26. The fourth-order valence-corrected chi connectivity index (χ4v) is 2.88. The second-order valence-electron chi connectivity index (χ2n) is 3.39. The molecule has 2 N–H and O–H groups in total. The molecule has 2 heterocycles. The lowest BCUT2D eigenvalue weighted by Gasteiger charge is -2.12. The van der Waals surface area contributed by atoms with E-state index in [0.29, 0.717) is 0 Å². The molecule has 2 aromatic rings. The molecule has 1 unspecified atom stereocenters. The van der Waals surface area contributed by atoms with Crippen LogP contribution in [-0.4, -0.2) is 4.98 Å². The van der Waals surface area contributed by atoms with Gasteiger partial charge in [-0.05, 0) is 63.7 Å². The van der Waals surface area contributed by atoms with E-state index in [1.165, 1.54) is 14.0 Å². The Hall–Kier alpha value is -0.460. The van der Waals surface area contributed by atoms with Gasteiger partial charge in [0, 0.05) is 12.4 Å². The molecule has 0 aliphatic carbocycles. The minimum absolute atomic E-state index is 0.0570. The van der Waals surface area contributed by atoms with Gasteiger partial charge in [0.15, 0.2) is 0 Å². The minimum atomic E-state index is -0.0570. The summed E-state index contributed by atoms with van der Waals surface area (Å²) in [6, 6.07) is 4.06. The first kappa shape index (κ1) is 11.0. The SMILES string of the molecule is Cc1ccncc1C(N)c1csc(I)c1. The minimum Gasteiger partial charge on any atom is -0.320 e. The fraction of sp³-hybridized carbons (Fsp3) is 0.182. The molecule has 78 valence electrons. The molecule has 0 amide bonds. The maximum absolute atomic E-state index is 6.19. The summed E-state index contributed by atoms with van der Waals surface area (Å²) >= 11 is 4.03. The molecule has 0 aliphatic rings. The van der Waals surface area contributed by atoms with E-state index in [9.17, 15) is 0 Å². The Morgan fingerprint density at radius 2 is 2.33 bits per heavy atom. The van der Waals surface area contributed by atoms with E-state index in [0.717, 1.165) is 5.56 Å². The lowest BCUT2D eigenvalue weighted by atomic mass is 10.0. The summed E-state index contributed by atoms with van der Waals surface area (Å²) in [5, 5.41) is 2.11. The number of aromatic nitrogens is 1. The van der Waals surface area contributed by atoms with Gasteiger partial charge in [0.05, 0.1) is 8.93 Å². The maximum Gasteiger partial charge on any atom is 0.0656 e. The maximum atomic E-state index is 6.19. The van der Waals surface area contributed by atoms with Crippen molar-refractivity contribution in [2.75, 3.05) is 0 Å². The number of hydrogen-bond acceptors (Lipinski definition) is 3. The van der Waals surface area contributed by atoms with Gasteiger partial charge in [0.2, 0.25) is 0 Å². The van der Waals surface area contributed by atoms with Crippen molar-refractivity contribution < 1.29 is 0 Å². The van der Waals surface area contributed by atoms with Crippen LogP contribution in [0.3, 0.4) is 0 Å². The van der Waals surface area contributed by atoms with Gasteiger partial charge in [-0.25, -0.2) is 0 Å². The topological polar surface area (TPSA) is 38.9 Å². The molecular formula is C11H11IN2S. The first-order chi connectivity index (χ1) is 7.18. The molecule has 15 heavy (non-hydrogen) atoms. The quantitative estimate of drug-likeness (QED) is 0.860. The van der Waals surface area contributed by atoms with E-state index < -0.39 is 0 Å². The van der Waals surface area contributed by atoms with Crippen LogP contribution < -0.4 is 5.73 Å². The summed E-state index contributed by atoms with van der Waals surface area (Å²) < 4.78 is 1.26. The van der Waals surface area contributed by atoms with Gasteiger partial charge in [-0.3, -0.25) is 4.98 Å². The van der Waals surface area contributed by atoms with E-state index in [4.69, 9.17) is 5.73 Å². The third-order valence-corrected chi connectivity index (χ3v) is 4.17. The Balaban J connectivity index is 2.36. The molecule has 0 aromatic carbocycles. The Morgan fingerprint density at radius 3 is 2.93 bits per heavy atom. The third kappa shape index (κ3) is 2.38. The second kappa shape index (κ2) is 4.59. The van der Waals surface area contributed by atoms with Crippen molar-refractivity contribution >= 4 is 33.9 Å². The molecule has 0 spiro atoms. The van der Waals surface area contributed by atoms with Crippen LogP contribution in [0.15, 0.2) is 29.9 Å². The van der Waals surface area contributed by atoms with Crippen LogP contribution in [0.1, 0.15) is 22.7 Å². The highest BCUT2D eigenvalue weighted by molar-refractivity contribution is 14.1. The van der Waals surface area contributed by atoms with Crippen LogP contribution in [0.25, 0.3) is 0 Å². The van der Waals surface area contributed by atoms with Crippen LogP contribution >= 0.6 is 33.9 Å². The molecule has 1 atom stereocenters. The summed E-state index contributed by atoms with van der Waals surface area (Å²) in [5.74, 6) is 0. The van der Waals surface area contributed by atoms with E-state index >= 15 is 0 Å². The van der Waals surface area contributed by atoms with Crippen molar-refractivity contribution in [3.63, 3.8) is 0 Å². The molecule has 0 saturated carbocycles. The molecule has 0 aliphatic heterocycles. The molecule has 2 nitrogen and oxygen atoms in total. The van der Waals surface area contributed by atoms with E-state index in [2.05, 4.69) is 45.9 Å². The summed E-state index contributed by atoms with van der Waals surface area (Å²) in [4.78, 5) is 4.12. The Kier molecular flexibility index (Phi) is 3.38. The number of nitrogens with two attached hydrogens (primary N) is 1. The third-order valence-electron chi connectivity index (χ3n) is 2.36. The van der Waals surface area contributed by atoms with Crippen LogP contribution in [0, 0.1) is 9.81 Å². The molecule has 0 radical (unpaired) electrons. The lowest BCUT2D eigenvalue weighted by Crippen LogP contribution is -2.12. The van der Waals surface area contributed by atoms with Crippen molar-refractivity contribution in [2.24, 2.45) is 5.73 Å². The molecule has 0 fully saturated rings. The number of hydrogen-bond donors (Lipinski definition) is 1. The zero-order chi connectivity index (χ0) is 10.8. The Labute approximate surface area is 107 Å². The average Bonchev–Trinajstić information content (AvgIpc) is 2.65. The van der Waals surface area contributed by atoms with Gasteiger partial charge in [-0.1, -0.05) is 0 Å². The second-order valence-corrected chi connectivity index (χ2v) is 6.20. The number of pyridine rings is 1. The van der Waals surface area contributed by atoms with E-state index in [-0.39, 0.29) is 6.04 Å². The van der Waals surface area contributed by atoms with Crippen molar-refractivity contribution in [3.05, 3.63) is 49.5 Å². The number of aryl methyl sites for hydroxylation is 1. The van der Waals surface area contributed by atoms with Crippen LogP contribution in [0.5, 0.6) is 0 Å². The lowest BCUT2D eigenvalue weighted by molar-refractivity contribution is 0.857. The fourth-order valence-electron chi connectivity index (χ4n) is 1.47. The van der Waals surface area contributed by atoms with Gasteiger partial charge >= 0.3 is 0 Å². The van der Waals surface area contributed by atoms with Gasteiger partial charge in [0.25, 0.3) is 0 Å². The zero-order valence-electron chi connectivity index (χ0n) is 8.27. The number of halogens is 1. The van der Waals surface area contributed by atoms with Gasteiger partial charge in [-0.2, -0.15) is 0 Å². The van der Waals surface area contributed by atoms with Crippen LogP contribution in [0.4, 0.5) is 0 Å². The van der Waals surface area contributed by atoms with Crippen LogP contribution in [-0.2, 0) is 0 Å². The summed E-state index contributed by atoms with van der Waals surface area (Å²) in [6.45, 7) is 2.06. The first-order valence-corrected chi connectivity index (χ1v) is 6.54. The monoisotopic (exact) mass is 330 g/mol. The number of thiophene rings is 1. The summed E-state index contributed by atoms with van der Waals surface area (Å²) in [6.07, 6.45) is 3.65. The van der Waals surface area contributed by atoms with Crippen LogP contribution in [0.2, 0.25) is 0 Å². The Bertz CT molecular complexity index is 467. The van der Waals surface area contributed by atoms with Crippen molar-refractivity contribution in [1.29, 1.82) is 0 Å². The largest absolute Gasteiger partial charge is 0.320 e. The van der Waals surface area contributed by atoms with Crippen molar-refractivity contribution in [3.8, 4) is 0 Å². The number of nitrogens with zero attached hydrogens (tertiary/aromatic N) is 1. The molecule has 2 rings (SSSR count). The highest BCUT2D eigenvalue weighted by Gasteiger charge is 2.12. The molecule has 4 heteroatoms. The van der Waals surface area contributed by atoms with E-state index in [1.54, 1.807) is 17.5 Å². The molecule has 2 aromatic heterocycles. The van der Waals surface area contributed by atoms with Gasteiger partial charge in [0.1, 0.15) is 0 Å². The van der Waals surface area contributed by atoms with Gasteiger partial charge < -0.3 is 5.73 Å².